The molecule has 0 saturated carbocycles. The van der Waals surface area contributed by atoms with Crippen LogP contribution in [0.3, 0.4) is 0 Å². The molecule has 0 radical (unpaired) electrons. The summed E-state index contributed by atoms with van der Waals surface area (Å²) in [6.45, 7) is 11.2. The molecular weight excluding hydrogens is 370 g/mol. The predicted octanol–water partition coefficient (Wildman–Crippen LogP) is 5.01. The minimum atomic E-state index is -0.367. The minimum absolute atomic E-state index is 0.160. The van der Waals surface area contributed by atoms with E-state index < -0.39 is 0 Å². The molecule has 7 nitrogen and oxygen atoms in total. The average molecular weight is 406 g/mol. The molecule has 1 aromatic carbocycles. The van der Waals surface area contributed by atoms with Gasteiger partial charge in [0.25, 0.3) is 6.47 Å². The van der Waals surface area contributed by atoms with E-state index in [9.17, 15) is 4.79 Å². The molecule has 162 valence electrons. The number of ether oxygens (including phenoxy) is 1. The van der Waals surface area contributed by atoms with E-state index in [2.05, 4.69) is 5.10 Å². The highest BCUT2D eigenvalue weighted by molar-refractivity contribution is 5.68. The molecule has 0 bridgehead atoms. The Bertz CT molecular complexity index is 646. The number of rotatable bonds is 1. The summed E-state index contributed by atoms with van der Waals surface area (Å²) in [7, 11) is 0. The lowest BCUT2D eigenvalue weighted by Crippen LogP contribution is -2.39. The molecule has 0 atom stereocenters. The summed E-state index contributed by atoms with van der Waals surface area (Å²) in [5.74, 6) is 0. The smallest absolute Gasteiger partial charge is 0.410 e. The Hall–Kier alpha value is -2.83. The number of carboxylic acid groups (broad SMARTS) is 1. The van der Waals surface area contributed by atoms with Crippen molar-refractivity contribution >= 4 is 12.6 Å². The van der Waals surface area contributed by atoms with Gasteiger partial charge in [-0.05, 0) is 58.2 Å². The second-order valence-corrected chi connectivity index (χ2v) is 6.92. The van der Waals surface area contributed by atoms with Gasteiger partial charge in [0.1, 0.15) is 5.60 Å². The van der Waals surface area contributed by atoms with Gasteiger partial charge in [-0.15, -0.1) is 0 Å². The molecule has 1 fully saturated rings. The first-order valence-corrected chi connectivity index (χ1v) is 9.98. The fourth-order valence-corrected chi connectivity index (χ4v) is 2.41. The maximum atomic E-state index is 11.5. The van der Waals surface area contributed by atoms with Crippen LogP contribution in [0.15, 0.2) is 48.8 Å². The summed E-state index contributed by atoms with van der Waals surface area (Å²) < 4.78 is 7.10. The molecule has 29 heavy (non-hydrogen) atoms. The van der Waals surface area contributed by atoms with Gasteiger partial charge >= 0.3 is 6.09 Å². The van der Waals surface area contributed by atoms with E-state index in [1.54, 1.807) is 11.1 Å². The predicted molar refractivity (Wildman–Crippen MR) is 115 cm³/mol. The third-order valence-electron chi connectivity index (χ3n) is 3.53. The Morgan fingerprint density at radius 3 is 2.07 bits per heavy atom. The number of para-hydroxylation sites is 1. The first kappa shape index (κ1) is 26.2. The molecule has 1 aliphatic rings. The highest BCUT2D eigenvalue weighted by Gasteiger charge is 2.22. The van der Waals surface area contributed by atoms with Crippen molar-refractivity contribution in [3.63, 3.8) is 0 Å². The molecule has 0 aliphatic carbocycles. The van der Waals surface area contributed by atoms with Crippen LogP contribution < -0.4 is 0 Å². The molecule has 0 unspecified atom stereocenters. The Kier molecular flexibility index (Phi) is 13.7. The zero-order chi connectivity index (χ0) is 22.1. The summed E-state index contributed by atoms with van der Waals surface area (Å²) in [5, 5.41) is 11.0. The van der Waals surface area contributed by atoms with Crippen molar-refractivity contribution < 1.29 is 19.4 Å². The van der Waals surface area contributed by atoms with Crippen LogP contribution in [0.2, 0.25) is 0 Å². The Labute approximate surface area is 174 Å². The second kappa shape index (κ2) is 15.1. The van der Waals surface area contributed by atoms with Crippen LogP contribution >= 0.6 is 0 Å². The lowest BCUT2D eigenvalue weighted by molar-refractivity contribution is -0.122. The van der Waals surface area contributed by atoms with E-state index >= 15 is 0 Å². The number of aromatic nitrogens is 2. The Balaban J connectivity index is 0.000000446. The number of hydrogen-bond donors (Lipinski definition) is 1. The molecule has 1 aromatic heterocycles. The van der Waals surface area contributed by atoms with Gasteiger partial charge in [0.05, 0.1) is 5.69 Å². The number of carbonyl (C=O) groups is 2. The van der Waals surface area contributed by atoms with Crippen molar-refractivity contribution in [2.45, 2.75) is 59.5 Å². The normalized spacial score (nSPS) is 12.7. The van der Waals surface area contributed by atoms with Crippen LogP contribution in [-0.4, -0.2) is 51.0 Å². The topological polar surface area (TPSA) is 84.7 Å². The van der Waals surface area contributed by atoms with E-state index in [1.807, 2.05) is 81.9 Å². The number of nitrogens with zero attached hydrogens (tertiary/aromatic N) is 3. The summed E-state index contributed by atoms with van der Waals surface area (Å²) in [6, 6.07) is 11.9. The summed E-state index contributed by atoms with van der Waals surface area (Å²) in [4.78, 5) is 21.7. The van der Waals surface area contributed by atoms with Crippen LogP contribution in [0.1, 0.15) is 53.9 Å². The van der Waals surface area contributed by atoms with E-state index in [0.29, 0.717) is 0 Å². The summed E-state index contributed by atoms with van der Waals surface area (Å²) in [5.41, 5.74) is 0.728. The number of piperidine rings is 1. The Morgan fingerprint density at radius 1 is 1.07 bits per heavy atom. The van der Waals surface area contributed by atoms with Crippen molar-refractivity contribution in [1.82, 2.24) is 14.7 Å². The van der Waals surface area contributed by atoms with Gasteiger partial charge in [-0.3, -0.25) is 4.79 Å². The number of hydrogen-bond acceptors (Lipinski definition) is 4. The molecule has 2 aromatic rings. The molecule has 1 amide bonds. The van der Waals surface area contributed by atoms with Crippen molar-refractivity contribution in [1.29, 1.82) is 0 Å². The van der Waals surface area contributed by atoms with Gasteiger partial charge in [0.2, 0.25) is 0 Å². The van der Waals surface area contributed by atoms with Crippen LogP contribution in [0, 0.1) is 0 Å². The molecule has 1 N–H and O–H groups in total. The lowest BCUT2D eigenvalue weighted by Gasteiger charge is -2.29. The third kappa shape index (κ3) is 12.3. The number of likely N-dealkylation sites (tertiary alicyclic amines) is 1. The maximum absolute atomic E-state index is 11.5. The molecule has 3 rings (SSSR count). The van der Waals surface area contributed by atoms with Crippen LogP contribution in [-0.2, 0) is 9.53 Å². The monoisotopic (exact) mass is 405 g/mol. The van der Waals surface area contributed by atoms with Gasteiger partial charge < -0.3 is 14.7 Å². The number of amides is 1. The second-order valence-electron chi connectivity index (χ2n) is 6.92. The molecule has 1 aliphatic heterocycles. The zero-order valence-corrected chi connectivity index (χ0v) is 18.2. The summed E-state index contributed by atoms with van der Waals surface area (Å²) in [6.07, 6.45) is 6.99. The minimum Gasteiger partial charge on any atom is -0.483 e. The third-order valence-corrected chi connectivity index (χ3v) is 3.53. The van der Waals surface area contributed by atoms with E-state index in [1.165, 1.54) is 6.42 Å². The highest BCUT2D eigenvalue weighted by Crippen LogP contribution is 2.14. The average Bonchev–Trinajstić information content (AvgIpc) is 3.26. The largest absolute Gasteiger partial charge is 0.483 e. The standard InChI is InChI=1S/C10H19NO2.C9H8N2.C2H6.CH2O2/c1-10(2,3)13-9(12)11-7-5-4-6-8-11;1-2-5-9(6-3-1)11-8-4-7-10-11;1-2;2-1-3/h4-8H2,1-3H3;1-8H;1-2H3;1H,(H,2,3). The molecule has 0 spiro atoms. The van der Waals surface area contributed by atoms with Gasteiger partial charge in [0.15, 0.2) is 0 Å². The van der Waals surface area contributed by atoms with Gasteiger partial charge in [-0.1, -0.05) is 32.0 Å². The highest BCUT2D eigenvalue weighted by atomic mass is 16.6. The lowest BCUT2D eigenvalue weighted by atomic mass is 10.1. The Morgan fingerprint density at radius 2 is 1.62 bits per heavy atom. The van der Waals surface area contributed by atoms with Gasteiger partial charge in [-0.2, -0.15) is 5.10 Å². The molecule has 1 saturated heterocycles. The molecule has 2 heterocycles. The first-order valence-electron chi connectivity index (χ1n) is 9.98. The molecular formula is C22H35N3O4. The fourth-order valence-electron chi connectivity index (χ4n) is 2.41. The number of benzene rings is 1. The van der Waals surface area contributed by atoms with E-state index in [-0.39, 0.29) is 18.2 Å². The quantitative estimate of drug-likeness (QED) is 0.674. The maximum Gasteiger partial charge on any atom is 0.410 e. The fraction of sp³-hybridized carbons (Fsp3) is 0.500. The van der Waals surface area contributed by atoms with Crippen molar-refractivity contribution in [3.05, 3.63) is 48.8 Å². The first-order chi connectivity index (χ1) is 13.9. The van der Waals surface area contributed by atoms with Crippen LogP contribution in [0.4, 0.5) is 4.79 Å². The van der Waals surface area contributed by atoms with Gasteiger partial charge in [0, 0.05) is 25.5 Å². The summed E-state index contributed by atoms with van der Waals surface area (Å²) >= 11 is 0. The van der Waals surface area contributed by atoms with Crippen molar-refractivity contribution in [2.75, 3.05) is 13.1 Å². The SMILES string of the molecule is CC.CC(C)(C)OC(=O)N1CCCCC1.O=CO.c1ccc(-n2cccn2)cc1. The zero-order valence-electron chi connectivity index (χ0n) is 18.2. The molecule has 7 heteroatoms. The number of carbonyl (C=O) groups excluding carboxylic acids is 1. The van der Waals surface area contributed by atoms with Crippen LogP contribution in [0.25, 0.3) is 5.69 Å². The van der Waals surface area contributed by atoms with E-state index in [4.69, 9.17) is 14.6 Å². The van der Waals surface area contributed by atoms with Crippen molar-refractivity contribution in [2.24, 2.45) is 0 Å². The van der Waals surface area contributed by atoms with Gasteiger partial charge in [-0.25, -0.2) is 9.48 Å². The van der Waals surface area contributed by atoms with E-state index in [0.717, 1.165) is 31.6 Å². The van der Waals surface area contributed by atoms with Crippen molar-refractivity contribution in [3.8, 4) is 5.69 Å². The van der Waals surface area contributed by atoms with Crippen LogP contribution in [0.5, 0.6) is 0 Å².